The van der Waals surface area contributed by atoms with Crippen LogP contribution in [0.15, 0.2) is 35.3 Å². The number of aryl methyl sites for hydroxylation is 1. The molecule has 3 nitrogen and oxygen atoms in total. The molecule has 0 saturated heterocycles. The summed E-state index contributed by atoms with van der Waals surface area (Å²) in [6.07, 6.45) is 1.52. The van der Waals surface area contributed by atoms with Gasteiger partial charge < -0.3 is 0 Å². The van der Waals surface area contributed by atoms with Gasteiger partial charge in [0.2, 0.25) is 0 Å². The molecule has 82 valence electrons. The minimum absolute atomic E-state index is 0.248. The highest BCUT2D eigenvalue weighted by molar-refractivity contribution is 7.71. The van der Waals surface area contributed by atoms with Gasteiger partial charge in [0.15, 0.2) is 4.77 Å². The van der Waals surface area contributed by atoms with Crippen molar-refractivity contribution < 1.29 is 4.39 Å². The summed E-state index contributed by atoms with van der Waals surface area (Å²) in [6, 6.07) is 5.92. The third kappa shape index (κ3) is 2.09. The maximum Gasteiger partial charge on any atom is 0.251 e. The summed E-state index contributed by atoms with van der Waals surface area (Å²) in [6.45, 7) is 1.79. The Kier molecular flexibility index (Phi) is 2.70. The minimum atomic E-state index is -0.330. The molecule has 0 atom stereocenters. The van der Waals surface area contributed by atoms with Gasteiger partial charge in [-0.25, -0.2) is 4.39 Å². The molecule has 0 saturated carbocycles. The molecule has 0 unspecified atom stereocenters. The van der Waals surface area contributed by atoms with Crippen LogP contribution in [0.3, 0.4) is 0 Å². The summed E-state index contributed by atoms with van der Waals surface area (Å²) in [7, 11) is 0. The van der Waals surface area contributed by atoms with Crippen molar-refractivity contribution in [1.29, 1.82) is 0 Å². The maximum atomic E-state index is 13.2. The zero-order valence-electron chi connectivity index (χ0n) is 8.53. The standard InChI is InChI=1S/C11H9FN2OS/c1-7-4-8(12)6-9(5-7)14-3-2-10(15)13-11(14)16/h2-6H,1H3,(H,13,15,16). The summed E-state index contributed by atoms with van der Waals surface area (Å²) < 4.78 is 15.0. The molecule has 0 spiro atoms. The molecule has 0 amide bonds. The molecule has 0 bridgehead atoms. The fourth-order valence-electron chi connectivity index (χ4n) is 1.48. The lowest BCUT2D eigenvalue weighted by Crippen LogP contribution is -2.10. The summed E-state index contributed by atoms with van der Waals surface area (Å²) in [4.78, 5) is 13.5. The number of rotatable bonds is 1. The lowest BCUT2D eigenvalue weighted by Gasteiger charge is -2.07. The van der Waals surface area contributed by atoms with Crippen LogP contribution in [0.2, 0.25) is 0 Å². The van der Waals surface area contributed by atoms with Gasteiger partial charge in [-0.15, -0.1) is 0 Å². The van der Waals surface area contributed by atoms with Crippen molar-refractivity contribution >= 4 is 12.2 Å². The molecule has 16 heavy (non-hydrogen) atoms. The van der Waals surface area contributed by atoms with Crippen molar-refractivity contribution in [3.05, 3.63) is 57.0 Å². The van der Waals surface area contributed by atoms with Crippen LogP contribution >= 0.6 is 12.2 Å². The van der Waals surface area contributed by atoms with E-state index >= 15 is 0 Å². The number of halogens is 1. The average molecular weight is 236 g/mol. The van der Waals surface area contributed by atoms with Gasteiger partial charge in [0.1, 0.15) is 5.82 Å². The first-order chi connectivity index (χ1) is 7.56. The van der Waals surface area contributed by atoms with Gasteiger partial charge >= 0.3 is 0 Å². The van der Waals surface area contributed by atoms with Crippen LogP contribution in [0.25, 0.3) is 5.69 Å². The van der Waals surface area contributed by atoms with E-state index in [2.05, 4.69) is 4.98 Å². The van der Waals surface area contributed by atoms with Crippen molar-refractivity contribution in [3.63, 3.8) is 0 Å². The Balaban J connectivity index is 2.67. The van der Waals surface area contributed by atoms with Crippen LogP contribution in [-0.2, 0) is 0 Å². The predicted octanol–water partition coefficient (Wildman–Crippen LogP) is 2.34. The van der Waals surface area contributed by atoms with E-state index in [4.69, 9.17) is 12.2 Å². The molecule has 0 aliphatic carbocycles. The highest BCUT2D eigenvalue weighted by Crippen LogP contribution is 2.12. The van der Waals surface area contributed by atoms with E-state index in [9.17, 15) is 9.18 Å². The Hall–Kier alpha value is -1.75. The Bertz CT molecular complexity index is 625. The third-order valence-electron chi connectivity index (χ3n) is 2.13. The van der Waals surface area contributed by atoms with E-state index in [-0.39, 0.29) is 16.1 Å². The van der Waals surface area contributed by atoms with E-state index in [1.165, 1.54) is 24.4 Å². The number of hydrogen-bond donors (Lipinski definition) is 1. The van der Waals surface area contributed by atoms with Crippen LogP contribution in [0.5, 0.6) is 0 Å². The largest absolute Gasteiger partial charge is 0.299 e. The molecule has 1 aromatic carbocycles. The SMILES string of the molecule is Cc1cc(F)cc(-n2ccc(=O)[nH]c2=S)c1. The molecular formula is C11H9FN2OS. The lowest BCUT2D eigenvalue weighted by molar-refractivity contribution is 0.625. The first-order valence-corrected chi connectivity index (χ1v) is 5.06. The number of H-pyrrole nitrogens is 1. The first kappa shape index (κ1) is 10.8. The van der Waals surface area contributed by atoms with Gasteiger partial charge in [-0.3, -0.25) is 14.3 Å². The zero-order valence-corrected chi connectivity index (χ0v) is 9.34. The molecular weight excluding hydrogens is 227 g/mol. The Morgan fingerprint density at radius 1 is 1.38 bits per heavy atom. The van der Waals surface area contributed by atoms with E-state index in [1.807, 2.05) is 0 Å². The Morgan fingerprint density at radius 3 is 2.75 bits per heavy atom. The highest BCUT2D eigenvalue weighted by atomic mass is 32.1. The van der Waals surface area contributed by atoms with Crippen molar-refractivity contribution in [3.8, 4) is 5.69 Å². The third-order valence-corrected chi connectivity index (χ3v) is 2.43. The van der Waals surface area contributed by atoms with Crippen molar-refractivity contribution in [2.45, 2.75) is 6.92 Å². The molecule has 1 heterocycles. The molecule has 0 aliphatic rings. The monoisotopic (exact) mass is 236 g/mol. The average Bonchev–Trinajstić information content (AvgIpc) is 2.15. The number of nitrogens with one attached hydrogen (secondary N) is 1. The number of nitrogens with zero attached hydrogens (tertiary/aromatic N) is 1. The van der Waals surface area contributed by atoms with E-state index in [1.54, 1.807) is 17.6 Å². The number of aromatic nitrogens is 2. The molecule has 2 rings (SSSR count). The Morgan fingerprint density at radius 2 is 2.12 bits per heavy atom. The summed E-state index contributed by atoms with van der Waals surface area (Å²) in [5, 5.41) is 0. The first-order valence-electron chi connectivity index (χ1n) is 4.66. The second-order valence-corrected chi connectivity index (χ2v) is 3.85. The number of benzene rings is 1. The van der Waals surface area contributed by atoms with Crippen molar-refractivity contribution in [1.82, 2.24) is 9.55 Å². The number of hydrogen-bond acceptors (Lipinski definition) is 2. The van der Waals surface area contributed by atoms with Crippen LogP contribution in [0.1, 0.15) is 5.56 Å². The van der Waals surface area contributed by atoms with E-state index in [0.29, 0.717) is 5.69 Å². The molecule has 1 N–H and O–H groups in total. The van der Waals surface area contributed by atoms with Crippen molar-refractivity contribution in [2.75, 3.05) is 0 Å². The van der Waals surface area contributed by atoms with Gasteiger partial charge in [-0.1, -0.05) is 0 Å². The topological polar surface area (TPSA) is 37.8 Å². The van der Waals surface area contributed by atoms with Crippen LogP contribution in [0.4, 0.5) is 4.39 Å². The van der Waals surface area contributed by atoms with Crippen molar-refractivity contribution in [2.24, 2.45) is 0 Å². The summed E-state index contributed by atoms with van der Waals surface area (Å²) in [5.74, 6) is -0.330. The summed E-state index contributed by atoms with van der Waals surface area (Å²) in [5.41, 5.74) is 1.12. The lowest BCUT2D eigenvalue weighted by atomic mass is 10.2. The summed E-state index contributed by atoms with van der Waals surface area (Å²) >= 11 is 4.99. The van der Waals surface area contributed by atoms with Gasteiger partial charge in [0, 0.05) is 12.3 Å². The Labute approximate surface area is 96.2 Å². The van der Waals surface area contributed by atoms with Gasteiger partial charge in [0.25, 0.3) is 5.56 Å². The van der Waals surface area contributed by atoms with Gasteiger partial charge in [-0.2, -0.15) is 0 Å². The second-order valence-electron chi connectivity index (χ2n) is 3.47. The molecule has 1 aromatic heterocycles. The van der Waals surface area contributed by atoms with E-state index < -0.39 is 0 Å². The fraction of sp³-hybridized carbons (Fsp3) is 0.0909. The molecule has 2 aromatic rings. The minimum Gasteiger partial charge on any atom is -0.299 e. The van der Waals surface area contributed by atoms with Gasteiger partial charge in [0.05, 0.1) is 5.69 Å². The maximum absolute atomic E-state index is 13.2. The molecule has 0 radical (unpaired) electrons. The normalized spacial score (nSPS) is 10.4. The number of aromatic amines is 1. The predicted molar refractivity (Wildman–Crippen MR) is 61.9 cm³/mol. The highest BCUT2D eigenvalue weighted by Gasteiger charge is 2.01. The second kappa shape index (κ2) is 4.02. The van der Waals surface area contributed by atoms with Crippen LogP contribution < -0.4 is 5.56 Å². The molecule has 5 heteroatoms. The molecule has 0 aliphatic heterocycles. The fourth-order valence-corrected chi connectivity index (χ4v) is 1.74. The molecule has 0 fully saturated rings. The van der Waals surface area contributed by atoms with Crippen LogP contribution in [-0.4, -0.2) is 9.55 Å². The quantitative estimate of drug-likeness (QED) is 0.772. The van der Waals surface area contributed by atoms with Gasteiger partial charge in [-0.05, 0) is 42.9 Å². The van der Waals surface area contributed by atoms with E-state index in [0.717, 1.165) is 5.56 Å². The smallest absolute Gasteiger partial charge is 0.251 e. The van der Waals surface area contributed by atoms with Crippen LogP contribution in [0, 0.1) is 17.5 Å². The zero-order chi connectivity index (χ0) is 11.7.